The molecule has 4 nitrogen and oxygen atoms in total. The van der Waals surface area contributed by atoms with Gasteiger partial charge in [0, 0.05) is 5.41 Å². The summed E-state index contributed by atoms with van der Waals surface area (Å²) in [5.41, 5.74) is -0.0950. The van der Waals surface area contributed by atoms with Crippen LogP contribution in [0.1, 0.15) is 13.8 Å². The van der Waals surface area contributed by atoms with Crippen molar-refractivity contribution in [1.82, 2.24) is 0 Å². The molecule has 0 aromatic rings. The molecule has 0 aromatic heterocycles. The van der Waals surface area contributed by atoms with E-state index < -0.39 is 10.1 Å². The fraction of sp³-hybridized carbons (Fsp3) is 1.00. The van der Waals surface area contributed by atoms with Crippen LogP contribution < -0.4 is 0 Å². The molecule has 0 aromatic carbocycles. The van der Waals surface area contributed by atoms with Gasteiger partial charge in [-0.1, -0.05) is 6.92 Å². The molecule has 0 spiro atoms. The monoisotopic (exact) mass is 194 g/mol. The number of hydrogen-bond acceptors (Lipinski definition) is 4. The van der Waals surface area contributed by atoms with E-state index in [4.69, 9.17) is 8.92 Å². The lowest BCUT2D eigenvalue weighted by Crippen LogP contribution is -2.44. The van der Waals surface area contributed by atoms with Gasteiger partial charge >= 0.3 is 0 Å². The Morgan fingerprint density at radius 1 is 1.50 bits per heavy atom. The van der Waals surface area contributed by atoms with E-state index in [2.05, 4.69) is 0 Å². The van der Waals surface area contributed by atoms with Crippen LogP contribution in [0.4, 0.5) is 0 Å². The zero-order valence-electron chi connectivity index (χ0n) is 7.37. The van der Waals surface area contributed by atoms with Gasteiger partial charge in [-0.05, 0) is 6.92 Å². The minimum Gasteiger partial charge on any atom is -0.380 e. The quantitative estimate of drug-likeness (QED) is 0.607. The van der Waals surface area contributed by atoms with Crippen molar-refractivity contribution >= 4 is 10.1 Å². The van der Waals surface area contributed by atoms with Crippen molar-refractivity contribution in [3.63, 3.8) is 0 Å². The third-order valence-electron chi connectivity index (χ3n) is 1.84. The molecule has 5 heteroatoms. The van der Waals surface area contributed by atoms with Crippen molar-refractivity contribution in [3.8, 4) is 0 Å². The zero-order chi connectivity index (χ0) is 9.24. The second kappa shape index (κ2) is 3.32. The summed E-state index contributed by atoms with van der Waals surface area (Å²) in [5.74, 6) is 0.0317. The Morgan fingerprint density at radius 3 is 2.42 bits per heavy atom. The van der Waals surface area contributed by atoms with E-state index in [1.54, 1.807) is 6.92 Å². The molecule has 0 unspecified atom stereocenters. The molecule has 0 amide bonds. The van der Waals surface area contributed by atoms with Gasteiger partial charge in [0.1, 0.15) is 0 Å². The number of rotatable bonds is 4. The van der Waals surface area contributed by atoms with Crippen LogP contribution in [0.15, 0.2) is 0 Å². The van der Waals surface area contributed by atoms with Gasteiger partial charge in [0.25, 0.3) is 10.1 Å². The zero-order valence-corrected chi connectivity index (χ0v) is 8.19. The average molecular weight is 194 g/mol. The van der Waals surface area contributed by atoms with Gasteiger partial charge in [-0.2, -0.15) is 8.42 Å². The number of hydrogen-bond donors (Lipinski definition) is 0. The molecule has 0 bridgehead atoms. The Morgan fingerprint density at radius 2 is 2.08 bits per heavy atom. The largest absolute Gasteiger partial charge is 0.380 e. The predicted octanol–water partition coefficient (Wildman–Crippen LogP) is 0.389. The lowest BCUT2D eigenvalue weighted by molar-refractivity contribution is -0.119. The maximum absolute atomic E-state index is 10.9. The fourth-order valence-corrected chi connectivity index (χ4v) is 1.48. The van der Waals surface area contributed by atoms with Crippen LogP contribution in [0.25, 0.3) is 0 Å². The first-order valence-electron chi connectivity index (χ1n) is 3.92. The molecule has 1 rings (SSSR count). The summed E-state index contributed by atoms with van der Waals surface area (Å²) in [6, 6.07) is 0. The molecule has 0 saturated carbocycles. The van der Waals surface area contributed by atoms with Crippen molar-refractivity contribution in [2.75, 3.05) is 25.6 Å². The number of ether oxygens (including phenoxy) is 1. The van der Waals surface area contributed by atoms with E-state index in [1.165, 1.54) is 0 Å². The molecule has 1 fully saturated rings. The van der Waals surface area contributed by atoms with E-state index in [0.29, 0.717) is 13.2 Å². The van der Waals surface area contributed by atoms with Crippen LogP contribution >= 0.6 is 0 Å². The molecule has 0 atom stereocenters. The molecule has 0 N–H and O–H groups in total. The molecule has 12 heavy (non-hydrogen) atoms. The summed E-state index contributed by atoms with van der Waals surface area (Å²) in [6.45, 7) is 4.93. The highest BCUT2D eigenvalue weighted by atomic mass is 32.2. The molecule has 0 radical (unpaired) electrons. The van der Waals surface area contributed by atoms with Gasteiger partial charge in [0.05, 0.1) is 25.6 Å². The summed E-state index contributed by atoms with van der Waals surface area (Å²) in [4.78, 5) is 0. The molecule has 1 heterocycles. The maximum atomic E-state index is 10.9. The van der Waals surface area contributed by atoms with Crippen molar-refractivity contribution in [2.45, 2.75) is 13.8 Å². The Hall–Kier alpha value is -0.130. The molecule has 1 aliphatic heterocycles. The summed E-state index contributed by atoms with van der Waals surface area (Å²) < 4.78 is 31.6. The fourth-order valence-electron chi connectivity index (χ4n) is 0.849. The van der Waals surface area contributed by atoms with Crippen LogP contribution in [0.3, 0.4) is 0 Å². The minimum atomic E-state index is -3.28. The van der Waals surface area contributed by atoms with Gasteiger partial charge < -0.3 is 4.74 Å². The van der Waals surface area contributed by atoms with E-state index in [-0.39, 0.29) is 17.8 Å². The third-order valence-corrected chi connectivity index (χ3v) is 3.03. The highest BCUT2D eigenvalue weighted by molar-refractivity contribution is 7.86. The van der Waals surface area contributed by atoms with Crippen LogP contribution in [-0.2, 0) is 19.0 Å². The molecule has 1 aliphatic rings. The summed E-state index contributed by atoms with van der Waals surface area (Å²) >= 11 is 0. The molecule has 0 aliphatic carbocycles. The normalized spacial score (nSPS) is 21.8. The van der Waals surface area contributed by atoms with Gasteiger partial charge in [-0.25, -0.2) is 0 Å². The summed E-state index contributed by atoms with van der Waals surface area (Å²) in [6.07, 6.45) is 0. The van der Waals surface area contributed by atoms with Gasteiger partial charge in [0.15, 0.2) is 0 Å². The van der Waals surface area contributed by atoms with E-state index in [9.17, 15) is 8.42 Å². The van der Waals surface area contributed by atoms with E-state index >= 15 is 0 Å². The Balaban J connectivity index is 2.35. The maximum Gasteiger partial charge on any atom is 0.267 e. The Labute approximate surface area is 73.0 Å². The molecular weight excluding hydrogens is 180 g/mol. The van der Waals surface area contributed by atoms with Crippen LogP contribution in [-0.4, -0.2) is 34.0 Å². The van der Waals surface area contributed by atoms with Crippen molar-refractivity contribution < 1.29 is 17.3 Å². The lowest BCUT2D eigenvalue weighted by atomic mass is 9.90. The third kappa shape index (κ3) is 2.43. The van der Waals surface area contributed by atoms with Crippen LogP contribution in [0.5, 0.6) is 0 Å². The van der Waals surface area contributed by atoms with Crippen molar-refractivity contribution in [1.29, 1.82) is 0 Å². The highest BCUT2D eigenvalue weighted by Gasteiger charge is 2.35. The second-order valence-corrected chi connectivity index (χ2v) is 5.34. The van der Waals surface area contributed by atoms with Crippen LogP contribution in [0.2, 0.25) is 0 Å². The second-order valence-electron chi connectivity index (χ2n) is 3.41. The van der Waals surface area contributed by atoms with Gasteiger partial charge in [-0.15, -0.1) is 0 Å². The Bertz CT molecular complexity index is 240. The highest BCUT2D eigenvalue weighted by Crippen LogP contribution is 2.27. The summed E-state index contributed by atoms with van der Waals surface area (Å²) in [7, 11) is -3.28. The minimum absolute atomic E-state index is 0.0317. The SMILES string of the molecule is CCS(=O)(=O)OCC1(C)COC1. The van der Waals surface area contributed by atoms with Crippen LogP contribution in [0, 0.1) is 5.41 Å². The lowest BCUT2D eigenvalue weighted by Gasteiger charge is -2.37. The first kappa shape index (κ1) is 9.95. The standard InChI is InChI=1S/C7H14O4S/c1-3-12(8,9)11-6-7(2)4-10-5-7/h3-6H2,1-2H3. The predicted molar refractivity (Wildman–Crippen MR) is 44.3 cm³/mol. The molecular formula is C7H14O4S. The topological polar surface area (TPSA) is 52.6 Å². The first-order chi connectivity index (χ1) is 5.47. The van der Waals surface area contributed by atoms with E-state index in [0.717, 1.165) is 0 Å². The smallest absolute Gasteiger partial charge is 0.267 e. The average Bonchev–Trinajstić information content (AvgIpc) is 1.98. The molecule has 1 saturated heterocycles. The van der Waals surface area contributed by atoms with Crippen molar-refractivity contribution in [2.24, 2.45) is 5.41 Å². The van der Waals surface area contributed by atoms with Gasteiger partial charge in [0.2, 0.25) is 0 Å². The first-order valence-corrected chi connectivity index (χ1v) is 5.50. The van der Waals surface area contributed by atoms with E-state index in [1.807, 2.05) is 6.92 Å². The van der Waals surface area contributed by atoms with Gasteiger partial charge in [-0.3, -0.25) is 4.18 Å². The van der Waals surface area contributed by atoms with Crippen molar-refractivity contribution in [3.05, 3.63) is 0 Å². The molecule has 72 valence electrons. The Kier molecular flexibility index (Phi) is 2.75. The summed E-state index contributed by atoms with van der Waals surface area (Å²) in [5, 5.41) is 0.